The highest BCUT2D eigenvalue weighted by atomic mass is 32.1. The zero-order valence-electron chi connectivity index (χ0n) is 17.0. The van der Waals surface area contributed by atoms with Gasteiger partial charge >= 0.3 is 0 Å². The van der Waals surface area contributed by atoms with Crippen molar-refractivity contribution in [3.05, 3.63) is 48.2 Å². The topological polar surface area (TPSA) is 62.3 Å². The Hall–Kier alpha value is -2.47. The van der Waals surface area contributed by atoms with Gasteiger partial charge in [0.05, 0.1) is 16.1 Å². The van der Waals surface area contributed by atoms with Crippen molar-refractivity contribution >= 4 is 38.4 Å². The molecule has 2 aromatic rings. The number of amides is 1. The highest BCUT2D eigenvalue weighted by Gasteiger charge is 2.37. The number of para-hydroxylation sites is 1. The number of nitrogens with zero attached hydrogens (tertiary/aromatic N) is 2. The van der Waals surface area contributed by atoms with Gasteiger partial charge in [0.1, 0.15) is 11.8 Å². The third-order valence-corrected chi connectivity index (χ3v) is 7.59. The molecule has 156 valence electrons. The van der Waals surface area contributed by atoms with Crippen molar-refractivity contribution in [2.24, 2.45) is 11.8 Å². The van der Waals surface area contributed by atoms with E-state index in [1.807, 2.05) is 36.5 Å². The monoisotopic (exact) mass is 421 g/mol. The first-order valence-corrected chi connectivity index (χ1v) is 11.8. The summed E-state index contributed by atoms with van der Waals surface area (Å²) in [4.78, 5) is 32.5. The first-order valence-electron chi connectivity index (χ1n) is 11.0. The van der Waals surface area contributed by atoms with Crippen LogP contribution in [0.1, 0.15) is 44.9 Å². The lowest BCUT2D eigenvalue weighted by molar-refractivity contribution is -0.123. The molecule has 6 heteroatoms. The van der Waals surface area contributed by atoms with E-state index in [4.69, 9.17) is 0 Å². The van der Waals surface area contributed by atoms with Gasteiger partial charge in [0.2, 0.25) is 5.91 Å². The largest absolute Gasteiger partial charge is 0.364 e. The summed E-state index contributed by atoms with van der Waals surface area (Å²) < 4.78 is 1.07. The number of Topliss-reactive ketones (excluding diaryl/α,β-unsaturated/α-hetero) is 1. The molecule has 0 radical (unpaired) electrons. The molecule has 5 nitrogen and oxygen atoms in total. The fraction of sp³-hybridized carbons (Fsp3) is 0.458. The Morgan fingerprint density at radius 1 is 1.23 bits per heavy atom. The van der Waals surface area contributed by atoms with Gasteiger partial charge in [-0.15, -0.1) is 0 Å². The van der Waals surface area contributed by atoms with Gasteiger partial charge in [0, 0.05) is 19.2 Å². The molecule has 1 unspecified atom stereocenters. The van der Waals surface area contributed by atoms with E-state index < -0.39 is 0 Å². The van der Waals surface area contributed by atoms with E-state index in [0.717, 1.165) is 22.2 Å². The van der Waals surface area contributed by atoms with E-state index in [1.165, 1.54) is 43.4 Å². The first kappa shape index (κ1) is 19.5. The van der Waals surface area contributed by atoms with Crippen LogP contribution >= 0.6 is 11.3 Å². The van der Waals surface area contributed by atoms with E-state index in [2.05, 4.69) is 21.3 Å². The van der Waals surface area contributed by atoms with Crippen LogP contribution in [-0.4, -0.2) is 34.2 Å². The molecule has 1 N–H and O–H groups in total. The summed E-state index contributed by atoms with van der Waals surface area (Å²) in [6.07, 6.45) is 13.6. The van der Waals surface area contributed by atoms with Crippen LogP contribution < -0.4 is 5.32 Å². The number of carbonyl (C=O) groups is 2. The predicted octanol–water partition coefficient (Wildman–Crippen LogP) is 4.92. The molecule has 2 atom stereocenters. The number of anilines is 1. The Labute approximate surface area is 180 Å². The fourth-order valence-electron chi connectivity index (χ4n) is 5.01. The first-order chi connectivity index (χ1) is 14.7. The van der Waals surface area contributed by atoms with E-state index in [0.29, 0.717) is 24.0 Å². The van der Waals surface area contributed by atoms with Crippen LogP contribution in [0.3, 0.4) is 0 Å². The van der Waals surface area contributed by atoms with Crippen molar-refractivity contribution in [2.45, 2.75) is 51.0 Å². The number of ketones is 1. The second-order valence-electron chi connectivity index (χ2n) is 8.68. The fourth-order valence-corrected chi connectivity index (χ4v) is 5.88. The molecule has 1 aliphatic heterocycles. The summed E-state index contributed by atoms with van der Waals surface area (Å²) in [5, 5.41) is 3.73. The summed E-state index contributed by atoms with van der Waals surface area (Å²) in [5.41, 5.74) is 1.96. The molecule has 1 aromatic heterocycles. The second-order valence-corrected chi connectivity index (χ2v) is 9.71. The average Bonchev–Trinajstić information content (AvgIpc) is 3.37. The van der Waals surface area contributed by atoms with Gasteiger partial charge < -0.3 is 10.2 Å². The summed E-state index contributed by atoms with van der Waals surface area (Å²) in [6.45, 7) is 0.614. The Morgan fingerprint density at radius 2 is 2.07 bits per heavy atom. The highest BCUT2D eigenvalue weighted by Crippen LogP contribution is 2.34. The molecule has 1 fully saturated rings. The molecule has 2 aliphatic carbocycles. The minimum absolute atomic E-state index is 0.00782. The van der Waals surface area contributed by atoms with Crippen molar-refractivity contribution in [1.82, 2.24) is 9.88 Å². The number of nitrogens with one attached hydrogen (secondary N) is 1. The maximum Gasteiger partial charge on any atom is 0.248 e. The SMILES string of the molecule is O=C1CC=CC2=CN([C@@H](CC3CCCCC3)C(=O)Nc3nc4ccccc4s3)CC12. The van der Waals surface area contributed by atoms with Crippen molar-refractivity contribution in [3.8, 4) is 0 Å². The minimum Gasteiger partial charge on any atom is -0.364 e. The summed E-state index contributed by atoms with van der Waals surface area (Å²) in [5.74, 6) is 0.733. The highest BCUT2D eigenvalue weighted by molar-refractivity contribution is 7.22. The molecular weight excluding hydrogens is 394 g/mol. The number of benzene rings is 1. The maximum absolute atomic E-state index is 13.4. The van der Waals surface area contributed by atoms with Gasteiger partial charge in [-0.3, -0.25) is 9.59 Å². The Balaban J connectivity index is 1.37. The number of fused-ring (bicyclic) bond motifs is 2. The molecule has 2 heterocycles. The van der Waals surface area contributed by atoms with E-state index in [9.17, 15) is 9.59 Å². The average molecular weight is 422 g/mol. The molecular formula is C24H27N3O2S. The van der Waals surface area contributed by atoms with Gasteiger partial charge in [-0.25, -0.2) is 4.98 Å². The van der Waals surface area contributed by atoms with Gasteiger partial charge in [-0.2, -0.15) is 0 Å². The number of rotatable bonds is 5. The van der Waals surface area contributed by atoms with Crippen LogP contribution in [0.2, 0.25) is 0 Å². The van der Waals surface area contributed by atoms with Gasteiger partial charge in [-0.1, -0.05) is 67.7 Å². The standard InChI is InChI=1S/C24H27N3O2S/c28-21-11-6-9-17-14-27(15-18(17)21)20(13-16-7-2-1-3-8-16)23(29)26-24-25-19-10-4-5-12-22(19)30-24/h4-6,9-10,12,14,16,18,20H,1-3,7-8,11,13,15H2,(H,25,26,29)/t18?,20-/m0/s1. The van der Waals surface area contributed by atoms with Crippen molar-refractivity contribution < 1.29 is 9.59 Å². The molecule has 0 spiro atoms. The lowest BCUT2D eigenvalue weighted by atomic mass is 9.84. The zero-order chi connectivity index (χ0) is 20.5. The molecule has 1 amide bonds. The number of carbonyl (C=O) groups excluding carboxylic acids is 2. The molecule has 0 bridgehead atoms. The molecule has 30 heavy (non-hydrogen) atoms. The molecule has 1 aromatic carbocycles. The zero-order valence-corrected chi connectivity index (χ0v) is 17.9. The Bertz CT molecular complexity index is 985. The van der Waals surface area contributed by atoms with Crippen LogP contribution in [0.15, 0.2) is 48.2 Å². The van der Waals surface area contributed by atoms with Gasteiger partial charge in [-0.05, 0) is 30.0 Å². The Morgan fingerprint density at radius 3 is 2.87 bits per heavy atom. The molecule has 5 rings (SSSR count). The maximum atomic E-state index is 13.4. The third kappa shape index (κ3) is 3.93. The van der Waals surface area contributed by atoms with Gasteiger partial charge in [0.25, 0.3) is 0 Å². The molecule has 0 saturated heterocycles. The molecule has 1 saturated carbocycles. The Kier molecular flexibility index (Phi) is 5.42. The lowest BCUT2D eigenvalue weighted by Gasteiger charge is -2.32. The van der Waals surface area contributed by atoms with Crippen LogP contribution in [0.4, 0.5) is 5.13 Å². The van der Waals surface area contributed by atoms with Crippen LogP contribution in [-0.2, 0) is 9.59 Å². The normalized spacial score (nSPS) is 22.8. The van der Waals surface area contributed by atoms with Crippen LogP contribution in [0, 0.1) is 11.8 Å². The second kappa shape index (κ2) is 8.34. The number of allylic oxidation sites excluding steroid dienone is 2. The number of hydrogen-bond donors (Lipinski definition) is 1. The summed E-state index contributed by atoms with van der Waals surface area (Å²) in [7, 11) is 0. The number of aromatic nitrogens is 1. The lowest BCUT2D eigenvalue weighted by Crippen LogP contribution is -2.43. The van der Waals surface area contributed by atoms with Crippen LogP contribution in [0.5, 0.6) is 0 Å². The quantitative estimate of drug-likeness (QED) is 0.744. The van der Waals surface area contributed by atoms with E-state index >= 15 is 0 Å². The summed E-state index contributed by atoms with van der Waals surface area (Å²) >= 11 is 1.51. The van der Waals surface area contributed by atoms with E-state index in [-0.39, 0.29) is 23.7 Å². The number of thiazole rings is 1. The minimum atomic E-state index is -0.264. The van der Waals surface area contributed by atoms with Crippen molar-refractivity contribution in [1.29, 1.82) is 0 Å². The van der Waals surface area contributed by atoms with E-state index in [1.54, 1.807) is 0 Å². The number of hydrogen-bond acceptors (Lipinski definition) is 5. The third-order valence-electron chi connectivity index (χ3n) is 6.64. The van der Waals surface area contributed by atoms with Gasteiger partial charge in [0.15, 0.2) is 5.13 Å². The van der Waals surface area contributed by atoms with Crippen molar-refractivity contribution in [2.75, 3.05) is 11.9 Å². The molecule has 3 aliphatic rings. The van der Waals surface area contributed by atoms with Crippen molar-refractivity contribution in [3.63, 3.8) is 0 Å². The predicted molar refractivity (Wildman–Crippen MR) is 120 cm³/mol. The smallest absolute Gasteiger partial charge is 0.248 e. The summed E-state index contributed by atoms with van der Waals surface area (Å²) in [6, 6.07) is 7.67. The van der Waals surface area contributed by atoms with Crippen LogP contribution in [0.25, 0.3) is 10.2 Å².